The van der Waals surface area contributed by atoms with Crippen LogP contribution in [0.1, 0.15) is 6.23 Å². The van der Waals surface area contributed by atoms with Gasteiger partial charge in [0.05, 0.1) is 6.61 Å². The number of sulfone groups is 1. The highest BCUT2D eigenvalue weighted by molar-refractivity contribution is 7.90. The summed E-state index contributed by atoms with van der Waals surface area (Å²) in [6.45, 7) is -0.521. The van der Waals surface area contributed by atoms with Gasteiger partial charge < -0.3 is 25.8 Å². The molecule has 1 aliphatic heterocycles. The average Bonchev–Trinajstić information content (AvgIpc) is 3.01. The molecule has 23 heavy (non-hydrogen) atoms. The highest BCUT2D eigenvalue weighted by atomic mass is 32.2. The van der Waals surface area contributed by atoms with Crippen molar-refractivity contribution in [1.82, 2.24) is 25.0 Å². The molecule has 1 unspecified atom stereocenters. The molecule has 0 saturated carbocycles. The van der Waals surface area contributed by atoms with Gasteiger partial charge in [0.1, 0.15) is 18.3 Å². The van der Waals surface area contributed by atoms with Crippen LogP contribution in [0.4, 0.5) is 5.82 Å². The summed E-state index contributed by atoms with van der Waals surface area (Å²) in [6.07, 6.45) is -4.10. The molecule has 0 radical (unpaired) electrons. The van der Waals surface area contributed by atoms with E-state index >= 15 is 0 Å². The molecule has 5 N–H and O–H groups in total. The second-order valence-corrected chi connectivity index (χ2v) is 7.01. The summed E-state index contributed by atoms with van der Waals surface area (Å²) < 4.78 is 29.5. The lowest BCUT2D eigenvalue weighted by atomic mass is 10.1. The van der Waals surface area contributed by atoms with Gasteiger partial charge in [-0.1, -0.05) is 5.21 Å². The van der Waals surface area contributed by atoms with E-state index in [4.69, 9.17) is 15.6 Å². The number of aliphatic hydroxyl groups is 3. The lowest BCUT2D eigenvalue weighted by Crippen LogP contribution is -2.33. The van der Waals surface area contributed by atoms with E-state index < -0.39 is 46.1 Å². The maximum atomic E-state index is 11.6. The molecule has 0 spiro atoms. The van der Waals surface area contributed by atoms with E-state index in [-0.39, 0.29) is 17.0 Å². The van der Waals surface area contributed by atoms with Crippen molar-refractivity contribution in [2.45, 2.75) is 29.7 Å². The van der Waals surface area contributed by atoms with E-state index in [9.17, 15) is 18.6 Å². The first kappa shape index (κ1) is 15.9. The molecule has 0 aromatic carbocycles. The minimum Gasteiger partial charge on any atom is -0.394 e. The Morgan fingerprint density at radius 1 is 1.30 bits per heavy atom. The van der Waals surface area contributed by atoms with Gasteiger partial charge in [0.2, 0.25) is 9.84 Å². The van der Waals surface area contributed by atoms with Gasteiger partial charge >= 0.3 is 0 Å². The third-order valence-electron chi connectivity index (χ3n) is 3.42. The summed E-state index contributed by atoms with van der Waals surface area (Å²) in [6, 6.07) is 0. The van der Waals surface area contributed by atoms with Crippen molar-refractivity contribution < 1.29 is 28.5 Å². The number of anilines is 1. The molecule has 1 aliphatic rings. The molecule has 13 heteroatoms. The number of aromatic nitrogens is 5. The van der Waals surface area contributed by atoms with Crippen LogP contribution in [0.2, 0.25) is 0 Å². The number of nitrogens with zero attached hydrogens (tertiary/aromatic N) is 5. The maximum Gasteiger partial charge on any atom is 0.250 e. The maximum absolute atomic E-state index is 11.6. The number of hydrogen-bond donors (Lipinski definition) is 4. The summed E-state index contributed by atoms with van der Waals surface area (Å²) in [4.78, 5) is 7.49. The monoisotopic (exact) mass is 346 g/mol. The zero-order valence-electron chi connectivity index (χ0n) is 11.8. The molecular weight excluding hydrogens is 332 g/mol. The van der Waals surface area contributed by atoms with Crippen LogP contribution in [0.3, 0.4) is 0 Å². The van der Waals surface area contributed by atoms with Crippen LogP contribution in [0.25, 0.3) is 11.2 Å². The summed E-state index contributed by atoms with van der Waals surface area (Å²) in [5, 5.41) is 35.8. The second-order valence-electron chi connectivity index (χ2n) is 5.10. The third kappa shape index (κ3) is 2.51. The van der Waals surface area contributed by atoms with Gasteiger partial charge in [0.15, 0.2) is 23.2 Å². The van der Waals surface area contributed by atoms with E-state index in [1.54, 1.807) is 0 Å². The molecule has 126 valence electrons. The standard InChI is InChI=1S/C10H14N6O6S/c1-23(20,21)10-12-7(11)4-8(13-10)16(15-14-4)9-6(19)5(18)3(2-17)22-9/h3,5-6,9,17-19H,2H2,1H3,(H2,11,12,13)/t3-,5-,6-,9?/m1/s1. The molecule has 1 saturated heterocycles. The Hall–Kier alpha value is -1.93. The Labute approximate surface area is 129 Å². The van der Waals surface area contributed by atoms with Crippen LogP contribution < -0.4 is 5.73 Å². The fraction of sp³-hybridized carbons (Fsp3) is 0.600. The number of ether oxygens (including phenoxy) is 1. The molecule has 0 bridgehead atoms. The second kappa shape index (κ2) is 5.31. The molecule has 1 fully saturated rings. The minimum atomic E-state index is -3.74. The lowest BCUT2D eigenvalue weighted by molar-refractivity contribution is -0.0575. The molecule has 0 aliphatic carbocycles. The summed E-state index contributed by atoms with van der Waals surface area (Å²) in [5.41, 5.74) is 5.60. The number of aliphatic hydroxyl groups excluding tert-OH is 3. The number of nitrogen functional groups attached to an aromatic ring is 1. The van der Waals surface area contributed by atoms with Crippen molar-refractivity contribution in [3.63, 3.8) is 0 Å². The van der Waals surface area contributed by atoms with Crippen LogP contribution in [-0.2, 0) is 14.6 Å². The van der Waals surface area contributed by atoms with E-state index in [1.807, 2.05) is 0 Å². The Balaban J connectivity index is 2.14. The number of rotatable bonds is 3. The van der Waals surface area contributed by atoms with Gasteiger partial charge in [-0.05, 0) is 0 Å². The van der Waals surface area contributed by atoms with Crippen molar-refractivity contribution in [3.05, 3.63) is 0 Å². The van der Waals surface area contributed by atoms with Crippen molar-refractivity contribution in [1.29, 1.82) is 0 Å². The van der Waals surface area contributed by atoms with E-state index in [0.717, 1.165) is 10.9 Å². The fourth-order valence-corrected chi connectivity index (χ4v) is 2.77. The van der Waals surface area contributed by atoms with E-state index in [0.29, 0.717) is 0 Å². The number of hydrogen-bond acceptors (Lipinski definition) is 11. The van der Waals surface area contributed by atoms with Crippen molar-refractivity contribution in [3.8, 4) is 0 Å². The summed E-state index contributed by atoms with van der Waals surface area (Å²) >= 11 is 0. The smallest absolute Gasteiger partial charge is 0.250 e. The fourth-order valence-electron chi connectivity index (χ4n) is 2.25. The summed E-state index contributed by atoms with van der Waals surface area (Å²) in [7, 11) is -3.74. The lowest BCUT2D eigenvalue weighted by Gasteiger charge is -2.14. The quantitative estimate of drug-likeness (QED) is 0.410. The Kier molecular flexibility index (Phi) is 3.68. The van der Waals surface area contributed by atoms with Crippen molar-refractivity contribution >= 4 is 26.8 Å². The van der Waals surface area contributed by atoms with Crippen LogP contribution in [0.5, 0.6) is 0 Å². The zero-order valence-corrected chi connectivity index (χ0v) is 12.6. The largest absolute Gasteiger partial charge is 0.394 e. The van der Waals surface area contributed by atoms with Gasteiger partial charge in [-0.3, -0.25) is 0 Å². The number of fused-ring (bicyclic) bond motifs is 1. The predicted octanol–water partition coefficient (Wildman–Crippen LogP) is -3.18. The molecule has 12 nitrogen and oxygen atoms in total. The Bertz CT molecular complexity index is 853. The Morgan fingerprint density at radius 2 is 2.00 bits per heavy atom. The SMILES string of the molecule is CS(=O)(=O)c1nc(N)c2nnn(C3O[C@H](CO)[C@@H](O)[C@H]3O)c2n1. The first-order valence-corrected chi connectivity index (χ1v) is 8.34. The van der Waals surface area contributed by atoms with Gasteiger partial charge in [0, 0.05) is 6.26 Å². The van der Waals surface area contributed by atoms with Crippen LogP contribution in [0.15, 0.2) is 5.16 Å². The molecular formula is C10H14N6O6S. The molecule has 3 heterocycles. The number of nitrogens with two attached hydrogens (primary N) is 1. The van der Waals surface area contributed by atoms with Crippen molar-refractivity contribution in [2.75, 3.05) is 18.6 Å². The highest BCUT2D eigenvalue weighted by Gasteiger charge is 2.44. The van der Waals surface area contributed by atoms with E-state index in [1.165, 1.54) is 0 Å². The van der Waals surface area contributed by atoms with Crippen LogP contribution in [-0.4, -0.2) is 79.9 Å². The van der Waals surface area contributed by atoms with Crippen LogP contribution >= 0.6 is 0 Å². The predicted molar refractivity (Wildman–Crippen MR) is 73.6 cm³/mol. The van der Waals surface area contributed by atoms with Crippen molar-refractivity contribution in [2.24, 2.45) is 0 Å². The molecule has 2 aromatic rings. The normalized spacial score (nSPS) is 28.5. The van der Waals surface area contributed by atoms with Gasteiger partial charge in [-0.25, -0.2) is 8.42 Å². The van der Waals surface area contributed by atoms with Gasteiger partial charge in [0.25, 0.3) is 5.16 Å². The minimum absolute atomic E-state index is 0.0233. The average molecular weight is 346 g/mol. The zero-order chi connectivity index (χ0) is 16.9. The Morgan fingerprint density at radius 3 is 2.57 bits per heavy atom. The van der Waals surface area contributed by atoms with E-state index in [2.05, 4.69) is 20.3 Å². The highest BCUT2D eigenvalue weighted by Crippen LogP contribution is 2.31. The topological polar surface area (TPSA) is 187 Å². The molecule has 4 atom stereocenters. The van der Waals surface area contributed by atoms with Gasteiger partial charge in [-0.2, -0.15) is 14.6 Å². The molecule has 2 aromatic heterocycles. The first-order valence-electron chi connectivity index (χ1n) is 6.45. The van der Waals surface area contributed by atoms with Crippen LogP contribution in [0, 0.1) is 0 Å². The first-order chi connectivity index (χ1) is 10.7. The molecule has 0 amide bonds. The molecule has 3 rings (SSSR count). The van der Waals surface area contributed by atoms with Gasteiger partial charge in [-0.15, -0.1) is 5.10 Å². The summed E-state index contributed by atoms with van der Waals surface area (Å²) in [5.74, 6) is -0.201. The third-order valence-corrected chi connectivity index (χ3v) is 4.27.